The number of hydrogen-bond donors (Lipinski definition) is 1. The van der Waals surface area contributed by atoms with Crippen LogP contribution >= 0.6 is 0 Å². The molecule has 6 heteroatoms. The maximum absolute atomic E-state index is 12.4. The molecule has 1 atom stereocenters. The van der Waals surface area contributed by atoms with Gasteiger partial charge in [0.05, 0.1) is 16.9 Å². The van der Waals surface area contributed by atoms with E-state index in [-0.39, 0.29) is 24.2 Å². The summed E-state index contributed by atoms with van der Waals surface area (Å²) in [5, 5.41) is 14.3. The van der Waals surface area contributed by atoms with Crippen LogP contribution in [0.3, 0.4) is 0 Å². The molecule has 2 aliphatic carbocycles. The Morgan fingerprint density at radius 3 is 2.81 bits per heavy atom. The number of esters is 1. The first kappa shape index (κ1) is 18.3. The number of non-ortho nitro benzene ring substituents is 1. The predicted molar refractivity (Wildman–Crippen MR) is 98.5 cm³/mol. The minimum absolute atomic E-state index is 0.0550. The van der Waals surface area contributed by atoms with Gasteiger partial charge in [0.25, 0.3) is 5.69 Å². The Morgan fingerprint density at radius 2 is 2.12 bits per heavy atom. The normalized spacial score (nSPS) is 22.5. The third-order valence-corrected chi connectivity index (χ3v) is 4.97. The molecule has 0 spiro atoms. The van der Waals surface area contributed by atoms with E-state index in [0.717, 1.165) is 31.2 Å². The van der Waals surface area contributed by atoms with Crippen LogP contribution in [0.1, 0.15) is 44.1 Å². The number of nitro groups is 1. The summed E-state index contributed by atoms with van der Waals surface area (Å²) >= 11 is 0. The van der Waals surface area contributed by atoms with Gasteiger partial charge in [0.15, 0.2) is 0 Å². The van der Waals surface area contributed by atoms with Gasteiger partial charge in [0.2, 0.25) is 0 Å². The van der Waals surface area contributed by atoms with E-state index >= 15 is 0 Å². The molecule has 2 aliphatic rings. The van der Waals surface area contributed by atoms with Gasteiger partial charge >= 0.3 is 5.97 Å². The highest BCUT2D eigenvalue weighted by Gasteiger charge is 2.32. The van der Waals surface area contributed by atoms with Crippen molar-refractivity contribution in [3.05, 3.63) is 64.2 Å². The Balaban J connectivity index is 1.64. The van der Waals surface area contributed by atoms with E-state index < -0.39 is 10.5 Å². The molecule has 26 heavy (non-hydrogen) atoms. The molecule has 0 heterocycles. The van der Waals surface area contributed by atoms with Gasteiger partial charge < -0.3 is 10.1 Å². The van der Waals surface area contributed by atoms with Crippen molar-refractivity contribution in [1.29, 1.82) is 0 Å². The summed E-state index contributed by atoms with van der Waals surface area (Å²) in [6.45, 7) is 0.441. The average molecular weight is 356 g/mol. The number of benzene rings is 1. The SMILES string of the molecule is O=C(C[C@]1(NCc2cccc([N+](=O)[O-])c2)C=CC=CC1)OC1CCCC1. The Labute approximate surface area is 153 Å². The summed E-state index contributed by atoms with van der Waals surface area (Å²) in [7, 11) is 0. The van der Waals surface area contributed by atoms with Crippen LogP contribution < -0.4 is 5.32 Å². The lowest BCUT2D eigenvalue weighted by atomic mass is 9.87. The number of ether oxygens (including phenoxy) is 1. The lowest BCUT2D eigenvalue weighted by Crippen LogP contribution is -2.45. The van der Waals surface area contributed by atoms with E-state index in [9.17, 15) is 14.9 Å². The molecule has 138 valence electrons. The molecule has 1 aromatic carbocycles. The average Bonchev–Trinajstić information content (AvgIpc) is 3.14. The maximum Gasteiger partial charge on any atom is 0.308 e. The first-order valence-electron chi connectivity index (χ1n) is 9.09. The number of nitrogens with one attached hydrogen (secondary N) is 1. The summed E-state index contributed by atoms with van der Waals surface area (Å²) in [6, 6.07) is 6.54. The highest BCUT2D eigenvalue weighted by atomic mass is 16.6. The third kappa shape index (κ3) is 4.79. The molecule has 0 amide bonds. The first-order valence-corrected chi connectivity index (χ1v) is 9.09. The number of carbonyl (C=O) groups excluding carboxylic acids is 1. The number of carbonyl (C=O) groups is 1. The fraction of sp³-hybridized carbons (Fsp3) is 0.450. The van der Waals surface area contributed by atoms with E-state index in [4.69, 9.17) is 4.74 Å². The van der Waals surface area contributed by atoms with E-state index in [1.54, 1.807) is 12.1 Å². The highest BCUT2D eigenvalue weighted by Crippen LogP contribution is 2.26. The fourth-order valence-electron chi connectivity index (χ4n) is 3.54. The molecular weight excluding hydrogens is 332 g/mol. The number of hydrogen-bond acceptors (Lipinski definition) is 5. The van der Waals surface area contributed by atoms with Gasteiger partial charge in [0, 0.05) is 18.7 Å². The van der Waals surface area contributed by atoms with E-state index in [1.807, 2.05) is 30.4 Å². The largest absolute Gasteiger partial charge is 0.462 e. The predicted octanol–water partition coefficient (Wildman–Crippen LogP) is 3.82. The molecule has 1 N–H and O–H groups in total. The molecule has 1 fully saturated rings. The van der Waals surface area contributed by atoms with Crippen LogP contribution in [0.2, 0.25) is 0 Å². The van der Waals surface area contributed by atoms with Gasteiger partial charge in [-0.2, -0.15) is 0 Å². The Bertz CT molecular complexity index is 722. The zero-order valence-corrected chi connectivity index (χ0v) is 14.7. The van der Waals surface area contributed by atoms with Crippen molar-refractivity contribution in [3.63, 3.8) is 0 Å². The molecular formula is C20H24N2O4. The lowest BCUT2D eigenvalue weighted by Gasteiger charge is -2.32. The van der Waals surface area contributed by atoms with Crippen LogP contribution in [0.25, 0.3) is 0 Å². The molecule has 1 saturated carbocycles. The van der Waals surface area contributed by atoms with Crippen LogP contribution in [0.5, 0.6) is 0 Å². The number of allylic oxidation sites excluding steroid dienone is 2. The fourth-order valence-corrected chi connectivity index (χ4v) is 3.54. The van der Waals surface area contributed by atoms with Gasteiger partial charge in [0.1, 0.15) is 6.10 Å². The monoisotopic (exact) mass is 356 g/mol. The minimum atomic E-state index is -0.519. The smallest absolute Gasteiger partial charge is 0.308 e. The Hall–Kier alpha value is -2.47. The Kier molecular flexibility index (Phi) is 5.83. The van der Waals surface area contributed by atoms with Crippen molar-refractivity contribution in [3.8, 4) is 0 Å². The molecule has 0 radical (unpaired) electrons. The van der Waals surface area contributed by atoms with Gasteiger partial charge in [-0.25, -0.2) is 0 Å². The van der Waals surface area contributed by atoms with Gasteiger partial charge in [-0.15, -0.1) is 0 Å². The molecule has 0 unspecified atom stereocenters. The zero-order chi connectivity index (χ0) is 18.4. The van der Waals surface area contributed by atoms with Crippen LogP contribution in [-0.4, -0.2) is 22.5 Å². The van der Waals surface area contributed by atoms with E-state index in [0.29, 0.717) is 13.0 Å². The van der Waals surface area contributed by atoms with Gasteiger partial charge in [-0.05, 0) is 37.7 Å². The van der Waals surface area contributed by atoms with Crippen molar-refractivity contribution in [2.24, 2.45) is 0 Å². The standard InChI is InChI=1S/C20H24N2O4/c23-19(26-18-9-2-3-10-18)14-20(11-4-1-5-12-20)21-15-16-7-6-8-17(13-16)22(24)25/h1,4-8,11,13,18,21H,2-3,9-10,12,14-15H2/t20-/m0/s1. The quantitative estimate of drug-likeness (QED) is 0.456. The van der Waals surface area contributed by atoms with Gasteiger partial charge in [-0.1, -0.05) is 36.4 Å². The zero-order valence-electron chi connectivity index (χ0n) is 14.7. The summed E-state index contributed by atoms with van der Waals surface area (Å²) in [5.74, 6) is -0.191. The van der Waals surface area contributed by atoms with Crippen LogP contribution in [0, 0.1) is 10.1 Å². The Morgan fingerprint density at radius 1 is 1.31 bits per heavy atom. The van der Waals surface area contributed by atoms with Crippen LogP contribution in [0.15, 0.2) is 48.6 Å². The van der Waals surface area contributed by atoms with E-state index in [2.05, 4.69) is 5.32 Å². The van der Waals surface area contributed by atoms with Crippen molar-refractivity contribution in [2.45, 2.75) is 56.7 Å². The second kappa shape index (κ2) is 8.27. The third-order valence-electron chi connectivity index (χ3n) is 4.97. The number of rotatable bonds is 7. The van der Waals surface area contributed by atoms with Crippen molar-refractivity contribution < 1.29 is 14.5 Å². The molecule has 0 bridgehead atoms. The number of nitro benzene ring substituents is 1. The lowest BCUT2D eigenvalue weighted by molar-refractivity contribution is -0.384. The van der Waals surface area contributed by atoms with Gasteiger partial charge in [-0.3, -0.25) is 14.9 Å². The number of nitrogens with zero attached hydrogens (tertiary/aromatic N) is 1. The highest BCUT2D eigenvalue weighted by molar-refractivity contribution is 5.72. The van der Waals surface area contributed by atoms with Crippen molar-refractivity contribution >= 4 is 11.7 Å². The maximum atomic E-state index is 12.4. The molecule has 0 aliphatic heterocycles. The van der Waals surface area contributed by atoms with Crippen molar-refractivity contribution in [1.82, 2.24) is 5.32 Å². The van der Waals surface area contributed by atoms with Crippen LogP contribution in [0.4, 0.5) is 5.69 Å². The van der Waals surface area contributed by atoms with E-state index in [1.165, 1.54) is 6.07 Å². The molecule has 0 saturated heterocycles. The molecule has 3 rings (SSSR count). The summed E-state index contributed by atoms with van der Waals surface area (Å²) in [5.41, 5.74) is 0.360. The second-order valence-electron chi connectivity index (χ2n) is 7.00. The second-order valence-corrected chi connectivity index (χ2v) is 7.00. The molecule has 1 aromatic rings. The van der Waals surface area contributed by atoms with Crippen molar-refractivity contribution in [2.75, 3.05) is 0 Å². The molecule has 0 aromatic heterocycles. The summed E-state index contributed by atoms with van der Waals surface area (Å²) < 4.78 is 5.62. The topological polar surface area (TPSA) is 81.5 Å². The summed E-state index contributed by atoms with van der Waals surface area (Å²) in [6.07, 6.45) is 13.0. The van der Waals surface area contributed by atoms with Crippen LogP contribution in [-0.2, 0) is 16.1 Å². The summed E-state index contributed by atoms with van der Waals surface area (Å²) in [4.78, 5) is 23.0. The first-order chi connectivity index (χ1) is 12.6. The molecule has 6 nitrogen and oxygen atoms in total. The minimum Gasteiger partial charge on any atom is -0.462 e.